The zero-order valence-electron chi connectivity index (χ0n) is 29.2. The zero-order valence-corrected chi connectivity index (χ0v) is 29.2. The maximum absolute atomic E-state index is 13.5. The van der Waals surface area contributed by atoms with Gasteiger partial charge in [0.05, 0.1) is 6.42 Å². The van der Waals surface area contributed by atoms with Crippen LogP contribution in [0.1, 0.15) is 87.6 Å². The van der Waals surface area contributed by atoms with Crippen molar-refractivity contribution in [1.29, 1.82) is 0 Å². The molecule has 1 aromatic rings. The highest BCUT2D eigenvalue weighted by Gasteiger charge is 2.35. The highest BCUT2D eigenvalue weighted by atomic mass is 16.6. The number of esters is 2. The molecule has 0 saturated carbocycles. The number of rotatable bonds is 16. The molecular weight excluding hydrogens is 610 g/mol. The molecule has 6 N–H and O–H groups in total. The van der Waals surface area contributed by atoms with Crippen molar-refractivity contribution in [2.45, 2.75) is 130 Å². The zero-order chi connectivity index (χ0) is 36.1. The van der Waals surface area contributed by atoms with Gasteiger partial charge >= 0.3 is 11.9 Å². The number of amides is 4. The second-order valence-electron chi connectivity index (χ2n) is 13.6. The van der Waals surface area contributed by atoms with Crippen LogP contribution in [-0.4, -0.2) is 82.2 Å². The number of hydrogen-bond acceptors (Lipinski definition) is 10. The van der Waals surface area contributed by atoms with Crippen molar-refractivity contribution in [3.8, 4) is 0 Å². The number of hydroxylamine groups is 1. The minimum absolute atomic E-state index is 0.0796. The first-order chi connectivity index (χ1) is 21.7. The fraction of sp³-hybridized carbons (Fsp3) is 0.636. The standard InChI is InChI=1S/C33H53N5O9/c1-11-19(2)26(31(44)47-33(8,9)10)37-30(43)24(18-25(39)46-32(5,6)7)36-27(40)20(3)34-29(42)23(35-28(41)21(4)38-45)17-22-15-13-12-14-16-22/h12-16,19-21,23-24,26,38,45H,11,17-18H2,1-10H3,(H,34,42)(H,35,41)(H,36,40)(H,37,43)/t19?,20-,21-,23-,24-,26-/m0/s1. The van der Waals surface area contributed by atoms with E-state index in [-0.39, 0.29) is 12.3 Å². The molecular formula is C33H53N5O9. The van der Waals surface area contributed by atoms with Crippen LogP contribution < -0.4 is 26.7 Å². The lowest BCUT2D eigenvalue weighted by Crippen LogP contribution is -2.59. The average Bonchev–Trinajstić information content (AvgIpc) is 2.96. The summed E-state index contributed by atoms with van der Waals surface area (Å²) < 4.78 is 10.9. The summed E-state index contributed by atoms with van der Waals surface area (Å²) in [6, 6.07) is 2.95. The van der Waals surface area contributed by atoms with Crippen LogP contribution in [0.25, 0.3) is 0 Å². The summed E-state index contributed by atoms with van der Waals surface area (Å²) in [4.78, 5) is 78.5. The van der Waals surface area contributed by atoms with Crippen molar-refractivity contribution >= 4 is 35.6 Å². The molecule has 1 rings (SSSR count). The van der Waals surface area contributed by atoms with Gasteiger partial charge in [-0.15, -0.1) is 0 Å². The Balaban J connectivity index is 3.22. The first kappa shape index (κ1) is 41.0. The van der Waals surface area contributed by atoms with E-state index in [4.69, 9.17) is 14.7 Å². The van der Waals surface area contributed by atoms with E-state index in [1.807, 2.05) is 12.4 Å². The summed E-state index contributed by atoms with van der Waals surface area (Å²) >= 11 is 0. The molecule has 0 bridgehead atoms. The predicted octanol–water partition coefficient (Wildman–Crippen LogP) is 1.68. The molecule has 1 unspecified atom stereocenters. The van der Waals surface area contributed by atoms with E-state index < -0.39 is 83.4 Å². The first-order valence-corrected chi connectivity index (χ1v) is 15.8. The number of nitrogens with one attached hydrogen (secondary N) is 5. The summed E-state index contributed by atoms with van der Waals surface area (Å²) in [7, 11) is 0. The third-order valence-electron chi connectivity index (χ3n) is 6.85. The topological polar surface area (TPSA) is 201 Å². The SMILES string of the molecule is CCC(C)[C@H](NC(=O)[C@H](CC(=O)OC(C)(C)C)NC(=O)[C@H](C)NC(=O)[C@H](Cc1ccccc1)NC(=O)[C@H](C)NO)C(=O)OC(C)(C)C. The fourth-order valence-corrected chi connectivity index (χ4v) is 4.14. The third kappa shape index (κ3) is 15.4. The minimum atomic E-state index is -1.47. The molecule has 0 aliphatic heterocycles. The van der Waals surface area contributed by atoms with Crippen LogP contribution in [0.2, 0.25) is 0 Å². The third-order valence-corrected chi connectivity index (χ3v) is 6.85. The van der Waals surface area contributed by atoms with Crippen LogP contribution >= 0.6 is 0 Å². The van der Waals surface area contributed by atoms with Crippen LogP contribution in [0.5, 0.6) is 0 Å². The van der Waals surface area contributed by atoms with Crippen molar-refractivity contribution in [2.75, 3.05) is 0 Å². The van der Waals surface area contributed by atoms with Gasteiger partial charge in [0.25, 0.3) is 0 Å². The summed E-state index contributed by atoms with van der Waals surface area (Å²) in [5, 5.41) is 19.4. The van der Waals surface area contributed by atoms with Crippen LogP contribution in [0.4, 0.5) is 0 Å². The molecule has 0 saturated heterocycles. The van der Waals surface area contributed by atoms with Gasteiger partial charge in [-0.2, -0.15) is 5.48 Å². The van der Waals surface area contributed by atoms with Crippen molar-refractivity contribution < 1.29 is 43.4 Å². The van der Waals surface area contributed by atoms with E-state index in [1.165, 1.54) is 13.8 Å². The highest BCUT2D eigenvalue weighted by Crippen LogP contribution is 2.16. The van der Waals surface area contributed by atoms with Gasteiger partial charge in [0.1, 0.15) is 41.4 Å². The van der Waals surface area contributed by atoms with Gasteiger partial charge in [-0.1, -0.05) is 50.6 Å². The monoisotopic (exact) mass is 663 g/mol. The quantitative estimate of drug-likeness (QED) is 0.112. The Hall–Kier alpha value is -4.04. The molecule has 1 aromatic carbocycles. The minimum Gasteiger partial charge on any atom is -0.460 e. The van der Waals surface area contributed by atoms with Gasteiger partial charge in [0, 0.05) is 6.42 Å². The first-order valence-electron chi connectivity index (χ1n) is 15.8. The van der Waals surface area contributed by atoms with E-state index in [0.717, 1.165) is 5.56 Å². The molecule has 47 heavy (non-hydrogen) atoms. The van der Waals surface area contributed by atoms with E-state index >= 15 is 0 Å². The van der Waals surface area contributed by atoms with Gasteiger partial charge in [-0.05, 0) is 66.9 Å². The molecule has 0 fully saturated rings. The summed E-state index contributed by atoms with van der Waals surface area (Å²) in [5.74, 6) is -4.77. The molecule has 4 amide bonds. The Morgan fingerprint density at radius 2 is 1.21 bits per heavy atom. The summed E-state index contributed by atoms with van der Waals surface area (Å²) in [6.07, 6.45) is 0.0379. The Bertz CT molecular complexity index is 1230. The molecule has 14 nitrogen and oxygen atoms in total. The van der Waals surface area contributed by atoms with Gasteiger partial charge in [-0.3, -0.25) is 24.0 Å². The molecule has 0 aliphatic rings. The molecule has 6 atom stereocenters. The molecule has 0 aromatic heterocycles. The second-order valence-corrected chi connectivity index (χ2v) is 13.6. The maximum Gasteiger partial charge on any atom is 0.329 e. The number of benzene rings is 1. The summed E-state index contributed by atoms with van der Waals surface area (Å²) in [6.45, 7) is 16.4. The number of carbonyl (C=O) groups is 6. The summed E-state index contributed by atoms with van der Waals surface area (Å²) in [5.41, 5.74) is 0.851. The Morgan fingerprint density at radius 3 is 1.72 bits per heavy atom. The van der Waals surface area contributed by atoms with Gasteiger partial charge in [0.15, 0.2) is 0 Å². The number of ether oxygens (including phenoxy) is 2. The van der Waals surface area contributed by atoms with Gasteiger partial charge < -0.3 is 35.9 Å². The predicted molar refractivity (Wildman–Crippen MR) is 174 cm³/mol. The maximum atomic E-state index is 13.5. The van der Waals surface area contributed by atoms with Crippen LogP contribution in [0, 0.1) is 5.92 Å². The molecule has 0 heterocycles. The molecule has 0 radical (unpaired) electrons. The largest absolute Gasteiger partial charge is 0.460 e. The van der Waals surface area contributed by atoms with E-state index in [2.05, 4.69) is 21.3 Å². The average molecular weight is 664 g/mol. The van der Waals surface area contributed by atoms with Crippen molar-refractivity contribution in [3.63, 3.8) is 0 Å². The Morgan fingerprint density at radius 1 is 0.702 bits per heavy atom. The van der Waals surface area contributed by atoms with Gasteiger partial charge in [-0.25, -0.2) is 4.79 Å². The highest BCUT2D eigenvalue weighted by molar-refractivity contribution is 5.96. The van der Waals surface area contributed by atoms with Crippen molar-refractivity contribution in [1.82, 2.24) is 26.7 Å². The lowest BCUT2D eigenvalue weighted by atomic mass is 9.98. The smallest absolute Gasteiger partial charge is 0.329 e. The normalized spacial score (nSPS) is 15.5. The van der Waals surface area contributed by atoms with Crippen LogP contribution in [0.3, 0.4) is 0 Å². The van der Waals surface area contributed by atoms with Crippen LogP contribution in [-0.2, 0) is 44.7 Å². The molecule has 14 heteroatoms. The number of hydrogen-bond donors (Lipinski definition) is 6. The van der Waals surface area contributed by atoms with E-state index in [0.29, 0.717) is 6.42 Å². The van der Waals surface area contributed by atoms with E-state index in [9.17, 15) is 28.8 Å². The Kier molecular flexibility index (Phi) is 16.0. The fourth-order valence-electron chi connectivity index (χ4n) is 4.14. The molecule has 0 aliphatic carbocycles. The molecule has 264 valence electrons. The van der Waals surface area contributed by atoms with Crippen molar-refractivity contribution in [3.05, 3.63) is 35.9 Å². The van der Waals surface area contributed by atoms with Gasteiger partial charge in [0.2, 0.25) is 23.6 Å². The number of carbonyl (C=O) groups excluding carboxylic acids is 6. The van der Waals surface area contributed by atoms with Crippen LogP contribution in [0.15, 0.2) is 30.3 Å². The van der Waals surface area contributed by atoms with E-state index in [1.54, 1.807) is 78.8 Å². The second kappa shape index (κ2) is 18.3. The lowest BCUT2D eigenvalue weighted by molar-refractivity contribution is -0.160. The Labute approximate surface area is 277 Å². The molecule has 0 spiro atoms. The lowest BCUT2D eigenvalue weighted by Gasteiger charge is -2.29. The van der Waals surface area contributed by atoms with Crippen molar-refractivity contribution in [2.24, 2.45) is 5.92 Å².